The van der Waals surface area contributed by atoms with E-state index >= 15 is 0 Å². The van der Waals surface area contributed by atoms with E-state index in [0.717, 1.165) is 52.2 Å². The predicted molar refractivity (Wildman–Crippen MR) is 135 cm³/mol. The van der Waals surface area contributed by atoms with Crippen molar-refractivity contribution in [3.05, 3.63) is 71.0 Å². The molecule has 1 saturated heterocycles. The van der Waals surface area contributed by atoms with E-state index in [9.17, 15) is 9.18 Å². The first-order valence-corrected chi connectivity index (χ1v) is 11.5. The number of benzene rings is 3. The Labute approximate surface area is 199 Å². The van der Waals surface area contributed by atoms with E-state index in [-0.39, 0.29) is 18.4 Å². The highest BCUT2D eigenvalue weighted by Crippen LogP contribution is 2.37. The number of anilines is 1. The predicted octanol–water partition coefficient (Wildman–Crippen LogP) is 4.68. The van der Waals surface area contributed by atoms with Crippen LogP contribution in [0.25, 0.3) is 22.3 Å². The molecule has 6 nitrogen and oxygen atoms in total. The molecule has 0 atom stereocenters. The van der Waals surface area contributed by atoms with Crippen molar-refractivity contribution in [2.24, 2.45) is 5.73 Å². The van der Waals surface area contributed by atoms with Crippen LogP contribution in [0.5, 0.6) is 5.75 Å². The van der Waals surface area contributed by atoms with Crippen LogP contribution in [0, 0.1) is 19.7 Å². The Hall–Kier alpha value is -3.42. The highest BCUT2D eigenvalue weighted by molar-refractivity contribution is 5.92. The highest BCUT2D eigenvalue weighted by Gasteiger charge is 2.19. The quantitative estimate of drug-likeness (QED) is 0.514. The van der Waals surface area contributed by atoms with E-state index in [1.54, 1.807) is 0 Å². The second-order valence-corrected chi connectivity index (χ2v) is 8.47. The van der Waals surface area contributed by atoms with Crippen LogP contribution in [0.3, 0.4) is 0 Å². The average molecular weight is 463 g/mol. The van der Waals surface area contributed by atoms with E-state index in [1.165, 1.54) is 13.2 Å². The number of piperazine rings is 1. The molecule has 0 aliphatic carbocycles. The van der Waals surface area contributed by atoms with Gasteiger partial charge in [-0.3, -0.25) is 0 Å². The summed E-state index contributed by atoms with van der Waals surface area (Å²) < 4.78 is 20.1. The zero-order chi connectivity index (χ0) is 24.2. The van der Waals surface area contributed by atoms with Crippen molar-refractivity contribution in [2.45, 2.75) is 20.4 Å². The average Bonchev–Trinajstić information content (AvgIpc) is 2.85. The van der Waals surface area contributed by atoms with Crippen LogP contribution in [0.2, 0.25) is 0 Å². The van der Waals surface area contributed by atoms with Crippen LogP contribution in [0.15, 0.2) is 48.5 Å². The SMILES string of the molecule is COc1cc(-c2cccc(-c3cccc(NC(=O)N4CCNCC4)c3C)c2C)cc(F)c1CN. The maximum atomic E-state index is 14.7. The molecule has 3 aromatic rings. The molecule has 7 heteroatoms. The zero-order valence-electron chi connectivity index (χ0n) is 19.9. The topological polar surface area (TPSA) is 79.6 Å². The lowest BCUT2D eigenvalue weighted by Gasteiger charge is -2.28. The van der Waals surface area contributed by atoms with Gasteiger partial charge in [0.05, 0.1) is 7.11 Å². The molecule has 0 radical (unpaired) electrons. The van der Waals surface area contributed by atoms with Gasteiger partial charge in [-0.25, -0.2) is 9.18 Å². The summed E-state index contributed by atoms with van der Waals surface area (Å²) in [7, 11) is 1.52. The Morgan fingerprint density at radius 1 is 1.06 bits per heavy atom. The van der Waals surface area contributed by atoms with Gasteiger partial charge in [-0.1, -0.05) is 30.3 Å². The minimum Gasteiger partial charge on any atom is -0.496 e. The number of halogens is 1. The number of amides is 2. The first-order valence-electron chi connectivity index (χ1n) is 11.5. The first-order chi connectivity index (χ1) is 16.4. The number of nitrogens with zero attached hydrogens (tertiary/aromatic N) is 1. The smallest absolute Gasteiger partial charge is 0.321 e. The summed E-state index contributed by atoms with van der Waals surface area (Å²) in [6, 6.07) is 15.1. The van der Waals surface area contributed by atoms with Gasteiger partial charge in [0, 0.05) is 44.0 Å². The van der Waals surface area contributed by atoms with E-state index in [1.807, 2.05) is 61.2 Å². The summed E-state index contributed by atoms with van der Waals surface area (Å²) >= 11 is 0. The lowest BCUT2D eigenvalue weighted by atomic mass is 9.90. The van der Waals surface area contributed by atoms with Gasteiger partial charge in [-0.2, -0.15) is 0 Å². The Morgan fingerprint density at radius 3 is 2.38 bits per heavy atom. The fraction of sp³-hybridized carbons (Fsp3) is 0.296. The molecule has 1 fully saturated rings. The molecule has 0 unspecified atom stereocenters. The monoisotopic (exact) mass is 462 g/mol. The number of nitrogens with two attached hydrogens (primary N) is 1. The van der Waals surface area contributed by atoms with Gasteiger partial charge >= 0.3 is 6.03 Å². The number of hydrogen-bond donors (Lipinski definition) is 3. The van der Waals surface area contributed by atoms with Crippen molar-refractivity contribution in [1.82, 2.24) is 10.2 Å². The van der Waals surface area contributed by atoms with Crippen LogP contribution >= 0.6 is 0 Å². The highest BCUT2D eigenvalue weighted by atomic mass is 19.1. The van der Waals surface area contributed by atoms with Gasteiger partial charge in [-0.05, 0) is 65.4 Å². The van der Waals surface area contributed by atoms with E-state index in [4.69, 9.17) is 10.5 Å². The summed E-state index contributed by atoms with van der Waals surface area (Å²) in [6.45, 7) is 7.08. The van der Waals surface area contributed by atoms with Crippen molar-refractivity contribution in [2.75, 3.05) is 38.6 Å². The fourth-order valence-electron chi connectivity index (χ4n) is 4.51. The van der Waals surface area contributed by atoms with Crippen LogP contribution in [0.1, 0.15) is 16.7 Å². The minimum absolute atomic E-state index is 0.0694. The van der Waals surface area contributed by atoms with E-state index < -0.39 is 0 Å². The summed E-state index contributed by atoms with van der Waals surface area (Å²) in [4.78, 5) is 14.6. The van der Waals surface area contributed by atoms with Gasteiger partial charge in [0.25, 0.3) is 0 Å². The standard InChI is InChI=1S/C27H31FN4O2/c1-17-20(19-14-24(28)23(16-29)26(15-19)34-3)6-4-7-21(17)22-8-5-9-25(18(22)2)31-27(33)32-12-10-30-11-13-32/h4-9,14-15,30H,10-13,16,29H2,1-3H3,(H,31,33). The molecule has 178 valence electrons. The molecule has 0 bridgehead atoms. The maximum absolute atomic E-state index is 14.7. The fourth-order valence-corrected chi connectivity index (χ4v) is 4.51. The van der Waals surface area contributed by atoms with Crippen molar-refractivity contribution < 1.29 is 13.9 Å². The lowest BCUT2D eigenvalue weighted by Crippen LogP contribution is -2.48. The molecule has 0 spiro atoms. The van der Waals surface area contributed by atoms with Crippen molar-refractivity contribution >= 4 is 11.7 Å². The molecule has 2 amide bonds. The first kappa shape index (κ1) is 23.7. The van der Waals surface area contributed by atoms with E-state index in [2.05, 4.69) is 10.6 Å². The molecule has 4 N–H and O–H groups in total. The van der Waals surface area contributed by atoms with Crippen molar-refractivity contribution in [3.8, 4) is 28.0 Å². The summed E-state index contributed by atoms with van der Waals surface area (Å²) in [5.74, 6) is 0.0616. The lowest BCUT2D eigenvalue weighted by molar-refractivity contribution is 0.204. The number of rotatable bonds is 5. The molecule has 0 aromatic heterocycles. The number of carbonyl (C=O) groups excluding carboxylic acids is 1. The summed E-state index contributed by atoms with van der Waals surface area (Å²) in [5.41, 5.74) is 12.5. The molecular formula is C27H31FN4O2. The normalized spacial score (nSPS) is 13.6. The van der Waals surface area contributed by atoms with Crippen LogP contribution < -0.4 is 21.1 Å². The third-order valence-electron chi connectivity index (χ3n) is 6.49. The van der Waals surface area contributed by atoms with Crippen LogP contribution in [0.4, 0.5) is 14.9 Å². The van der Waals surface area contributed by atoms with Crippen molar-refractivity contribution in [1.29, 1.82) is 0 Å². The van der Waals surface area contributed by atoms with Gasteiger partial charge in [0.1, 0.15) is 11.6 Å². The molecule has 1 aliphatic rings. The molecule has 0 saturated carbocycles. The maximum Gasteiger partial charge on any atom is 0.321 e. The number of carbonyl (C=O) groups is 1. The second-order valence-electron chi connectivity index (χ2n) is 8.47. The van der Waals surface area contributed by atoms with E-state index in [0.29, 0.717) is 24.4 Å². The zero-order valence-corrected chi connectivity index (χ0v) is 19.9. The second kappa shape index (κ2) is 10.2. The third kappa shape index (κ3) is 4.62. The van der Waals surface area contributed by atoms with Crippen molar-refractivity contribution in [3.63, 3.8) is 0 Å². The van der Waals surface area contributed by atoms with Gasteiger partial charge in [0.2, 0.25) is 0 Å². The molecule has 4 rings (SSSR count). The Bertz CT molecular complexity index is 1210. The molecular weight excluding hydrogens is 431 g/mol. The molecule has 1 aliphatic heterocycles. The largest absolute Gasteiger partial charge is 0.496 e. The number of methoxy groups -OCH3 is 1. The van der Waals surface area contributed by atoms with Crippen LogP contribution in [-0.2, 0) is 6.54 Å². The number of urea groups is 1. The molecule has 34 heavy (non-hydrogen) atoms. The minimum atomic E-state index is -0.379. The number of nitrogens with one attached hydrogen (secondary N) is 2. The van der Waals surface area contributed by atoms with Gasteiger partial charge in [-0.15, -0.1) is 0 Å². The third-order valence-corrected chi connectivity index (χ3v) is 6.49. The summed E-state index contributed by atoms with van der Waals surface area (Å²) in [6.07, 6.45) is 0. The van der Waals surface area contributed by atoms with Crippen LogP contribution in [-0.4, -0.2) is 44.2 Å². The van der Waals surface area contributed by atoms with Gasteiger partial charge < -0.3 is 26.0 Å². The Balaban J connectivity index is 1.70. The summed E-state index contributed by atoms with van der Waals surface area (Å²) in [5, 5.41) is 6.33. The number of hydrogen-bond acceptors (Lipinski definition) is 4. The number of ether oxygens (including phenoxy) is 1. The molecule has 3 aromatic carbocycles. The molecule has 1 heterocycles. The Morgan fingerprint density at radius 2 is 1.71 bits per heavy atom. The Kier molecular flexibility index (Phi) is 7.14. The van der Waals surface area contributed by atoms with Gasteiger partial charge in [0.15, 0.2) is 0 Å².